The molecule has 4 nitrogen and oxygen atoms in total. The van der Waals surface area contributed by atoms with Crippen molar-refractivity contribution in [2.24, 2.45) is 5.73 Å². The van der Waals surface area contributed by atoms with Crippen molar-refractivity contribution in [2.45, 2.75) is 13.0 Å². The maximum Gasteiger partial charge on any atom is 0.0789 e. The second-order valence-corrected chi connectivity index (χ2v) is 3.62. The van der Waals surface area contributed by atoms with Crippen molar-refractivity contribution < 1.29 is 5.11 Å². The average Bonchev–Trinajstić information content (AvgIpc) is 2.19. The Hall–Kier alpha value is -0.160. The van der Waals surface area contributed by atoms with Gasteiger partial charge in [0.2, 0.25) is 0 Å². The molecule has 0 aromatic heterocycles. The van der Waals surface area contributed by atoms with E-state index in [1.165, 1.54) is 0 Å². The zero-order chi connectivity index (χ0) is 9.68. The van der Waals surface area contributed by atoms with Gasteiger partial charge in [0.05, 0.1) is 6.10 Å². The van der Waals surface area contributed by atoms with Crippen LogP contribution in [0.3, 0.4) is 0 Å². The van der Waals surface area contributed by atoms with Gasteiger partial charge in [0.15, 0.2) is 0 Å². The quantitative estimate of drug-likeness (QED) is 0.589. The Balaban J connectivity index is 2.17. The summed E-state index contributed by atoms with van der Waals surface area (Å²) in [4.78, 5) is 4.70. The normalized spacial score (nSPS) is 23.3. The molecule has 78 valence electrons. The fraction of sp³-hybridized carbons (Fsp3) is 1.00. The number of aliphatic hydroxyl groups is 1. The van der Waals surface area contributed by atoms with Crippen LogP contribution in [0.1, 0.15) is 6.92 Å². The van der Waals surface area contributed by atoms with Crippen LogP contribution in [0.4, 0.5) is 0 Å². The van der Waals surface area contributed by atoms with Crippen molar-refractivity contribution in [3.05, 3.63) is 0 Å². The molecule has 1 rings (SSSR count). The summed E-state index contributed by atoms with van der Waals surface area (Å²) in [5.74, 6) is 0. The number of likely N-dealkylation sites (N-methyl/N-ethyl adjacent to an activating group) is 1. The number of piperazine rings is 1. The van der Waals surface area contributed by atoms with Crippen LogP contribution in [-0.2, 0) is 0 Å². The number of nitrogens with zero attached hydrogens (tertiary/aromatic N) is 2. The first-order valence-corrected chi connectivity index (χ1v) is 5.09. The van der Waals surface area contributed by atoms with E-state index in [0.717, 1.165) is 39.3 Å². The van der Waals surface area contributed by atoms with Crippen LogP contribution >= 0.6 is 0 Å². The van der Waals surface area contributed by atoms with Crippen molar-refractivity contribution in [1.29, 1.82) is 0 Å². The van der Waals surface area contributed by atoms with E-state index in [9.17, 15) is 5.11 Å². The van der Waals surface area contributed by atoms with E-state index in [-0.39, 0.29) is 6.10 Å². The predicted octanol–water partition coefficient (Wildman–Crippen LogP) is -1.06. The van der Waals surface area contributed by atoms with Crippen LogP contribution in [0.2, 0.25) is 0 Å². The summed E-state index contributed by atoms with van der Waals surface area (Å²) < 4.78 is 0. The molecule has 0 amide bonds. The molecular weight excluding hydrogens is 166 g/mol. The fourth-order valence-corrected chi connectivity index (χ4v) is 1.66. The van der Waals surface area contributed by atoms with E-state index in [4.69, 9.17) is 5.73 Å². The first-order valence-electron chi connectivity index (χ1n) is 5.09. The lowest BCUT2D eigenvalue weighted by molar-refractivity contribution is 0.0784. The summed E-state index contributed by atoms with van der Waals surface area (Å²) in [6.07, 6.45) is -0.354. The maximum atomic E-state index is 9.35. The van der Waals surface area contributed by atoms with Crippen LogP contribution in [-0.4, -0.2) is 66.8 Å². The molecule has 1 saturated heterocycles. The minimum Gasteiger partial charge on any atom is -0.390 e. The largest absolute Gasteiger partial charge is 0.390 e. The highest BCUT2D eigenvalue weighted by Crippen LogP contribution is 2.01. The molecule has 0 aromatic rings. The highest BCUT2D eigenvalue weighted by atomic mass is 16.3. The summed E-state index contributed by atoms with van der Waals surface area (Å²) in [5.41, 5.74) is 5.36. The van der Waals surface area contributed by atoms with Crippen molar-refractivity contribution in [3.8, 4) is 0 Å². The standard InChI is InChI=1S/C9H21N3O/c1-2-11-3-5-12(6-4-11)8-9(13)7-10/h9,13H,2-8,10H2,1H3. The zero-order valence-electron chi connectivity index (χ0n) is 8.45. The highest BCUT2D eigenvalue weighted by molar-refractivity contribution is 4.73. The molecule has 1 fully saturated rings. The number of hydrogen-bond acceptors (Lipinski definition) is 4. The predicted molar refractivity (Wildman–Crippen MR) is 53.6 cm³/mol. The van der Waals surface area contributed by atoms with Gasteiger partial charge in [-0.05, 0) is 6.54 Å². The van der Waals surface area contributed by atoms with Gasteiger partial charge in [-0.1, -0.05) is 6.92 Å². The van der Waals surface area contributed by atoms with E-state index in [0.29, 0.717) is 6.54 Å². The van der Waals surface area contributed by atoms with E-state index >= 15 is 0 Å². The Bertz CT molecular complexity index is 135. The number of hydrogen-bond donors (Lipinski definition) is 2. The lowest BCUT2D eigenvalue weighted by Crippen LogP contribution is -2.49. The van der Waals surface area contributed by atoms with Crippen LogP contribution in [0.5, 0.6) is 0 Å². The molecule has 1 unspecified atom stereocenters. The third-order valence-electron chi connectivity index (χ3n) is 2.65. The molecule has 13 heavy (non-hydrogen) atoms. The van der Waals surface area contributed by atoms with Gasteiger partial charge < -0.3 is 15.7 Å². The molecule has 0 aliphatic carbocycles. The molecule has 0 spiro atoms. The lowest BCUT2D eigenvalue weighted by atomic mass is 10.2. The van der Waals surface area contributed by atoms with Gasteiger partial charge >= 0.3 is 0 Å². The minimum atomic E-state index is -0.354. The average molecular weight is 187 g/mol. The summed E-state index contributed by atoms with van der Waals surface area (Å²) in [5, 5.41) is 9.35. The monoisotopic (exact) mass is 187 g/mol. The molecule has 0 radical (unpaired) electrons. The number of aliphatic hydroxyl groups excluding tert-OH is 1. The van der Waals surface area contributed by atoms with Crippen LogP contribution in [0.25, 0.3) is 0 Å². The summed E-state index contributed by atoms with van der Waals surface area (Å²) in [6, 6.07) is 0. The number of nitrogens with two attached hydrogens (primary N) is 1. The van der Waals surface area contributed by atoms with Gasteiger partial charge in [-0.25, -0.2) is 0 Å². The summed E-state index contributed by atoms with van der Waals surface area (Å²) >= 11 is 0. The topological polar surface area (TPSA) is 52.7 Å². The Morgan fingerprint density at radius 3 is 2.23 bits per heavy atom. The minimum absolute atomic E-state index is 0.354. The van der Waals surface area contributed by atoms with E-state index in [1.54, 1.807) is 0 Å². The Labute approximate surface area is 80.3 Å². The molecule has 3 N–H and O–H groups in total. The van der Waals surface area contributed by atoms with Crippen molar-refractivity contribution >= 4 is 0 Å². The summed E-state index contributed by atoms with van der Waals surface area (Å²) in [7, 11) is 0. The molecule has 0 aromatic carbocycles. The molecule has 1 atom stereocenters. The van der Waals surface area contributed by atoms with Gasteiger partial charge in [-0.3, -0.25) is 4.90 Å². The first-order chi connectivity index (χ1) is 6.26. The van der Waals surface area contributed by atoms with Crippen molar-refractivity contribution in [2.75, 3.05) is 45.8 Å². The Morgan fingerprint density at radius 2 is 1.77 bits per heavy atom. The lowest BCUT2D eigenvalue weighted by Gasteiger charge is -2.34. The third kappa shape index (κ3) is 3.60. The summed E-state index contributed by atoms with van der Waals surface area (Å²) in [6.45, 7) is 8.77. The Kier molecular flexibility index (Phi) is 4.66. The zero-order valence-corrected chi connectivity index (χ0v) is 8.45. The molecule has 4 heteroatoms. The third-order valence-corrected chi connectivity index (χ3v) is 2.65. The van der Waals surface area contributed by atoms with E-state index in [1.807, 2.05) is 0 Å². The molecule has 1 heterocycles. The first kappa shape index (κ1) is 10.9. The van der Waals surface area contributed by atoms with Crippen molar-refractivity contribution in [1.82, 2.24) is 9.80 Å². The van der Waals surface area contributed by atoms with Gasteiger partial charge in [-0.15, -0.1) is 0 Å². The van der Waals surface area contributed by atoms with Gasteiger partial charge in [0, 0.05) is 39.3 Å². The molecule has 1 aliphatic heterocycles. The molecule has 0 saturated carbocycles. The van der Waals surface area contributed by atoms with Gasteiger partial charge in [0.25, 0.3) is 0 Å². The van der Waals surface area contributed by atoms with E-state index in [2.05, 4.69) is 16.7 Å². The van der Waals surface area contributed by atoms with Gasteiger partial charge in [0.1, 0.15) is 0 Å². The van der Waals surface area contributed by atoms with E-state index < -0.39 is 0 Å². The van der Waals surface area contributed by atoms with Gasteiger partial charge in [-0.2, -0.15) is 0 Å². The molecule has 0 bridgehead atoms. The fourth-order valence-electron chi connectivity index (χ4n) is 1.66. The smallest absolute Gasteiger partial charge is 0.0789 e. The number of rotatable bonds is 4. The maximum absolute atomic E-state index is 9.35. The molecular formula is C9H21N3O. The second-order valence-electron chi connectivity index (χ2n) is 3.62. The Morgan fingerprint density at radius 1 is 1.23 bits per heavy atom. The van der Waals surface area contributed by atoms with Crippen molar-refractivity contribution in [3.63, 3.8) is 0 Å². The van der Waals surface area contributed by atoms with Crippen LogP contribution in [0, 0.1) is 0 Å². The van der Waals surface area contributed by atoms with Crippen LogP contribution in [0.15, 0.2) is 0 Å². The second kappa shape index (κ2) is 5.54. The SMILES string of the molecule is CCN1CCN(CC(O)CN)CC1. The number of β-amino-alcohol motifs (C(OH)–C–C–N with tert-alkyl or cyclic N) is 1. The highest BCUT2D eigenvalue weighted by Gasteiger charge is 2.16. The molecule has 1 aliphatic rings. The van der Waals surface area contributed by atoms with Crippen LogP contribution < -0.4 is 5.73 Å².